The number of benzene rings is 1. The minimum absolute atomic E-state index is 0.368. The van der Waals surface area contributed by atoms with Gasteiger partial charge in [-0.25, -0.2) is 8.89 Å². The fourth-order valence-electron chi connectivity index (χ4n) is 1.55. The molecule has 1 heterocycles. The van der Waals surface area contributed by atoms with Crippen molar-refractivity contribution in [1.82, 2.24) is 9.78 Å². The van der Waals surface area contributed by atoms with Gasteiger partial charge in [0.1, 0.15) is 16.8 Å². The highest BCUT2D eigenvalue weighted by molar-refractivity contribution is 7.86. The van der Waals surface area contributed by atoms with Gasteiger partial charge in [0, 0.05) is 0 Å². The first-order valence-corrected chi connectivity index (χ1v) is 6.34. The molecular formula is C11H7F3N4OS. The van der Waals surface area contributed by atoms with Crippen LogP contribution in [0.25, 0.3) is 5.69 Å². The predicted molar refractivity (Wildman–Crippen MR) is 65.2 cm³/mol. The smallest absolute Gasteiger partial charge is 0.383 e. The van der Waals surface area contributed by atoms with Crippen LogP contribution in [0.5, 0.6) is 0 Å². The lowest BCUT2D eigenvalue weighted by Gasteiger charge is -2.06. The van der Waals surface area contributed by atoms with Crippen molar-refractivity contribution in [3.05, 3.63) is 36.0 Å². The van der Waals surface area contributed by atoms with Crippen LogP contribution in [0.1, 0.15) is 5.69 Å². The van der Waals surface area contributed by atoms with Crippen molar-refractivity contribution in [2.45, 2.75) is 10.4 Å². The molecule has 0 aliphatic rings. The molecule has 9 heteroatoms. The van der Waals surface area contributed by atoms with E-state index >= 15 is 0 Å². The average molecular weight is 300 g/mol. The van der Waals surface area contributed by atoms with E-state index in [-0.39, 0.29) is 0 Å². The van der Waals surface area contributed by atoms with E-state index < -0.39 is 32.7 Å². The number of nitriles is 1. The number of nitrogen functional groups attached to an aromatic ring is 1. The molecule has 0 spiro atoms. The Morgan fingerprint density at radius 3 is 2.40 bits per heavy atom. The van der Waals surface area contributed by atoms with Crippen LogP contribution in [0.3, 0.4) is 0 Å². The van der Waals surface area contributed by atoms with Gasteiger partial charge in [-0.15, -0.1) is 0 Å². The minimum Gasteiger partial charge on any atom is -0.383 e. The first kappa shape index (κ1) is 14.1. The molecule has 1 atom stereocenters. The lowest BCUT2D eigenvalue weighted by Crippen LogP contribution is -2.18. The van der Waals surface area contributed by atoms with E-state index in [9.17, 15) is 17.4 Å². The SMILES string of the molecule is N#Cc1nn(-c2ccccc2)c(N)c1S(=O)C(F)(F)F. The molecule has 2 aromatic rings. The van der Waals surface area contributed by atoms with Crippen LogP contribution in [0.15, 0.2) is 35.2 Å². The molecule has 104 valence electrons. The molecule has 0 saturated carbocycles. The van der Waals surface area contributed by atoms with Gasteiger partial charge in [0.2, 0.25) is 0 Å². The fraction of sp³-hybridized carbons (Fsp3) is 0.0909. The van der Waals surface area contributed by atoms with E-state index in [2.05, 4.69) is 5.10 Å². The van der Waals surface area contributed by atoms with Crippen LogP contribution in [-0.4, -0.2) is 19.5 Å². The first-order valence-electron chi connectivity index (χ1n) is 5.19. The van der Waals surface area contributed by atoms with Crippen molar-refractivity contribution in [2.24, 2.45) is 0 Å². The summed E-state index contributed by atoms with van der Waals surface area (Å²) >= 11 is 0. The number of nitrogens with two attached hydrogens (primary N) is 1. The second-order valence-corrected chi connectivity index (χ2v) is 5.05. The average Bonchev–Trinajstić information content (AvgIpc) is 2.74. The van der Waals surface area contributed by atoms with Gasteiger partial charge >= 0.3 is 5.51 Å². The molecule has 1 aromatic heterocycles. The summed E-state index contributed by atoms with van der Waals surface area (Å²) in [5.41, 5.74) is 0.314. The maximum Gasteiger partial charge on any atom is 0.476 e. The number of hydrogen-bond acceptors (Lipinski definition) is 4. The monoisotopic (exact) mass is 300 g/mol. The van der Waals surface area contributed by atoms with Crippen molar-refractivity contribution < 1.29 is 17.4 Å². The molecule has 5 nitrogen and oxygen atoms in total. The highest BCUT2D eigenvalue weighted by Gasteiger charge is 2.42. The summed E-state index contributed by atoms with van der Waals surface area (Å²) < 4.78 is 50.0. The molecule has 0 saturated heterocycles. The summed E-state index contributed by atoms with van der Waals surface area (Å²) in [7, 11) is -3.41. The Bertz CT molecular complexity index is 703. The van der Waals surface area contributed by atoms with Gasteiger partial charge in [0.05, 0.1) is 5.69 Å². The van der Waals surface area contributed by atoms with Crippen molar-refractivity contribution in [3.63, 3.8) is 0 Å². The van der Waals surface area contributed by atoms with E-state index in [4.69, 9.17) is 11.0 Å². The zero-order chi connectivity index (χ0) is 14.9. The molecule has 1 aromatic carbocycles. The first-order chi connectivity index (χ1) is 9.36. The summed E-state index contributed by atoms with van der Waals surface area (Å²) in [4.78, 5) is -0.816. The summed E-state index contributed by atoms with van der Waals surface area (Å²) in [6, 6.07) is 9.52. The van der Waals surface area contributed by atoms with Gasteiger partial charge in [-0.1, -0.05) is 18.2 Å². The van der Waals surface area contributed by atoms with E-state index in [1.54, 1.807) is 30.3 Å². The molecule has 0 fully saturated rings. The normalized spacial score (nSPS) is 12.9. The van der Waals surface area contributed by atoms with E-state index in [0.717, 1.165) is 4.68 Å². The largest absolute Gasteiger partial charge is 0.476 e. The second-order valence-electron chi connectivity index (χ2n) is 3.64. The predicted octanol–water partition coefficient (Wildman–Crippen LogP) is 1.95. The number of rotatable bonds is 2. The molecule has 0 aliphatic heterocycles. The molecule has 2 rings (SSSR count). The van der Waals surface area contributed by atoms with Crippen LogP contribution in [0, 0.1) is 11.3 Å². The van der Waals surface area contributed by atoms with E-state index in [0.29, 0.717) is 5.69 Å². The van der Waals surface area contributed by atoms with Crippen molar-refractivity contribution >= 4 is 16.6 Å². The number of aromatic nitrogens is 2. The van der Waals surface area contributed by atoms with Crippen LogP contribution in [0.4, 0.5) is 19.0 Å². The summed E-state index contributed by atoms with van der Waals surface area (Å²) in [6.45, 7) is 0. The van der Waals surface area contributed by atoms with Gasteiger partial charge in [0.15, 0.2) is 16.5 Å². The van der Waals surface area contributed by atoms with Crippen LogP contribution in [0.2, 0.25) is 0 Å². The topological polar surface area (TPSA) is 84.7 Å². The van der Waals surface area contributed by atoms with E-state index in [1.165, 1.54) is 6.07 Å². The fourth-order valence-corrected chi connectivity index (χ4v) is 2.32. The summed E-state index contributed by atoms with van der Waals surface area (Å²) in [5.74, 6) is -0.469. The Labute approximate surface area is 113 Å². The Morgan fingerprint density at radius 2 is 1.90 bits per heavy atom. The van der Waals surface area contributed by atoms with Gasteiger partial charge in [-0.3, -0.25) is 0 Å². The molecule has 0 aliphatic carbocycles. The van der Waals surface area contributed by atoms with Crippen LogP contribution >= 0.6 is 0 Å². The van der Waals surface area contributed by atoms with Crippen LogP contribution in [-0.2, 0) is 10.8 Å². The van der Waals surface area contributed by atoms with Crippen molar-refractivity contribution in [3.8, 4) is 11.8 Å². The number of halogens is 3. The molecule has 0 radical (unpaired) electrons. The number of alkyl halides is 3. The number of nitrogens with zero attached hydrogens (tertiary/aromatic N) is 3. The number of hydrogen-bond donors (Lipinski definition) is 1. The third-order valence-corrected chi connectivity index (χ3v) is 3.57. The molecule has 0 amide bonds. The Morgan fingerprint density at radius 1 is 1.30 bits per heavy atom. The second kappa shape index (κ2) is 4.97. The zero-order valence-corrected chi connectivity index (χ0v) is 10.6. The summed E-state index contributed by atoms with van der Waals surface area (Å²) in [6.07, 6.45) is 0. The molecule has 0 bridgehead atoms. The number of para-hydroxylation sites is 1. The Hall–Kier alpha value is -2.34. The standard InChI is InChI=1S/C11H7F3N4OS/c12-11(13,14)20(19)9-8(6-15)17-18(10(9)16)7-4-2-1-3-5-7/h1-5H,16H2. The maximum atomic E-state index is 12.5. The van der Waals surface area contributed by atoms with Crippen LogP contribution < -0.4 is 5.73 Å². The van der Waals surface area contributed by atoms with Crippen molar-refractivity contribution in [1.29, 1.82) is 5.26 Å². The third-order valence-electron chi connectivity index (χ3n) is 2.38. The summed E-state index contributed by atoms with van der Waals surface area (Å²) in [5, 5.41) is 12.5. The quantitative estimate of drug-likeness (QED) is 0.918. The Balaban J connectivity index is 2.64. The highest BCUT2D eigenvalue weighted by atomic mass is 32.2. The van der Waals surface area contributed by atoms with E-state index in [1.807, 2.05) is 0 Å². The molecule has 20 heavy (non-hydrogen) atoms. The number of anilines is 1. The molecular weight excluding hydrogens is 293 g/mol. The van der Waals surface area contributed by atoms with Gasteiger partial charge in [-0.2, -0.15) is 23.5 Å². The van der Waals surface area contributed by atoms with Crippen molar-refractivity contribution in [2.75, 3.05) is 5.73 Å². The van der Waals surface area contributed by atoms with Gasteiger partial charge in [-0.05, 0) is 12.1 Å². The molecule has 1 unspecified atom stereocenters. The Kier molecular flexibility index (Phi) is 3.50. The zero-order valence-electron chi connectivity index (χ0n) is 9.76. The maximum absolute atomic E-state index is 12.5. The minimum atomic E-state index is -5.01. The van der Waals surface area contributed by atoms with Gasteiger partial charge in [0.25, 0.3) is 0 Å². The third kappa shape index (κ3) is 2.37. The lowest BCUT2D eigenvalue weighted by molar-refractivity contribution is -0.0384. The van der Waals surface area contributed by atoms with Gasteiger partial charge < -0.3 is 5.73 Å². The highest BCUT2D eigenvalue weighted by Crippen LogP contribution is 2.32. The molecule has 2 N–H and O–H groups in total. The lowest BCUT2D eigenvalue weighted by atomic mass is 10.3.